The van der Waals surface area contributed by atoms with Crippen LogP contribution in [0, 0.1) is 0 Å². The Bertz CT molecular complexity index is 529. The molecule has 3 rings (SSSR count). The summed E-state index contributed by atoms with van der Waals surface area (Å²) >= 11 is 0. The van der Waals surface area contributed by atoms with Crippen LogP contribution in [0.4, 0.5) is 0 Å². The molecule has 100 valence electrons. The first-order valence-electron chi connectivity index (χ1n) is 6.53. The monoisotopic (exact) mass is 260 g/mol. The number of hydrogen-bond acceptors (Lipinski definition) is 3. The topological polar surface area (TPSA) is 58.6 Å². The molecule has 2 aliphatic heterocycles. The molecule has 1 saturated heterocycles. The van der Waals surface area contributed by atoms with E-state index in [9.17, 15) is 9.59 Å². The first-order chi connectivity index (χ1) is 9.22. The van der Waals surface area contributed by atoms with Gasteiger partial charge in [0.15, 0.2) is 0 Å². The molecule has 0 saturated carbocycles. The zero-order valence-electron chi connectivity index (χ0n) is 10.8. The maximum absolute atomic E-state index is 12.2. The van der Waals surface area contributed by atoms with Crippen molar-refractivity contribution in [3.8, 4) is 5.75 Å². The third kappa shape index (κ3) is 1.85. The van der Waals surface area contributed by atoms with E-state index in [0.29, 0.717) is 13.0 Å². The van der Waals surface area contributed by atoms with Crippen LogP contribution >= 0.6 is 0 Å². The van der Waals surface area contributed by atoms with Crippen LogP contribution in [0.2, 0.25) is 0 Å². The van der Waals surface area contributed by atoms with Crippen molar-refractivity contribution in [3.05, 3.63) is 29.8 Å². The van der Waals surface area contributed by atoms with Crippen molar-refractivity contribution in [1.82, 2.24) is 10.2 Å². The predicted octanol–water partition coefficient (Wildman–Crippen LogP) is 0.857. The molecule has 2 heterocycles. The summed E-state index contributed by atoms with van der Waals surface area (Å²) in [4.78, 5) is 25.8. The van der Waals surface area contributed by atoms with Crippen LogP contribution in [-0.2, 0) is 9.59 Å². The fraction of sp³-hybridized carbons (Fsp3) is 0.429. The van der Waals surface area contributed by atoms with Gasteiger partial charge in [-0.3, -0.25) is 9.59 Å². The minimum atomic E-state index is -0.402. The molecule has 1 aromatic carbocycles. The fourth-order valence-corrected chi connectivity index (χ4v) is 2.82. The van der Waals surface area contributed by atoms with Gasteiger partial charge >= 0.3 is 0 Å². The predicted molar refractivity (Wildman–Crippen MR) is 68.6 cm³/mol. The van der Waals surface area contributed by atoms with E-state index in [1.807, 2.05) is 31.2 Å². The molecule has 0 bridgehead atoms. The van der Waals surface area contributed by atoms with E-state index in [0.717, 1.165) is 11.3 Å². The highest BCUT2D eigenvalue weighted by Crippen LogP contribution is 2.37. The molecule has 1 N–H and O–H groups in total. The molecule has 0 aromatic heterocycles. The SMILES string of the molecule is CCC1C(=O)NCC(=O)N1C1COc2ccccc21. The summed E-state index contributed by atoms with van der Waals surface area (Å²) < 4.78 is 5.62. The van der Waals surface area contributed by atoms with Crippen molar-refractivity contribution in [3.63, 3.8) is 0 Å². The van der Waals surface area contributed by atoms with Crippen molar-refractivity contribution in [1.29, 1.82) is 0 Å². The minimum absolute atomic E-state index is 0.0447. The van der Waals surface area contributed by atoms with Crippen molar-refractivity contribution in [2.75, 3.05) is 13.2 Å². The summed E-state index contributed by atoms with van der Waals surface area (Å²) in [5.41, 5.74) is 0.990. The average molecular weight is 260 g/mol. The number of piperazine rings is 1. The van der Waals surface area contributed by atoms with Gasteiger partial charge in [0.05, 0.1) is 12.6 Å². The number of para-hydroxylation sites is 1. The first kappa shape index (κ1) is 12.0. The summed E-state index contributed by atoms with van der Waals surface area (Å²) in [5.74, 6) is 0.685. The summed E-state index contributed by atoms with van der Waals surface area (Å²) in [6.07, 6.45) is 0.607. The number of carbonyl (C=O) groups is 2. The Morgan fingerprint density at radius 1 is 1.37 bits per heavy atom. The number of hydrogen-bond donors (Lipinski definition) is 1. The Hall–Kier alpha value is -2.04. The molecule has 1 fully saturated rings. The Labute approximate surface area is 111 Å². The van der Waals surface area contributed by atoms with Gasteiger partial charge in [-0.1, -0.05) is 25.1 Å². The molecule has 0 spiro atoms. The highest BCUT2D eigenvalue weighted by molar-refractivity contribution is 5.95. The molecular weight excluding hydrogens is 244 g/mol. The van der Waals surface area contributed by atoms with Crippen LogP contribution in [0.25, 0.3) is 0 Å². The van der Waals surface area contributed by atoms with E-state index in [1.165, 1.54) is 0 Å². The van der Waals surface area contributed by atoms with Gasteiger partial charge < -0.3 is 15.0 Å². The van der Waals surface area contributed by atoms with Crippen molar-refractivity contribution in [2.45, 2.75) is 25.4 Å². The third-order valence-corrected chi connectivity index (χ3v) is 3.74. The lowest BCUT2D eigenvalue weighted by Gasteiger charge is -2.38. The van der Waals surface area contributed by atoms with Crippen molar-refractivity contribution in [2.24, 2.45) is 0 Å². The first-order valence-corrected chi connectivity index (χ1v) is 6.53. The smallest absolute Gasteiger partial charge is 0.243 e. The van der Waals surface area contributed by atoms with E-state index in [-0.39, 0.29) is 24.4 Å². The van der Waals surface area contributed by atoms with Crippen LogP contribution in [0.5, 0.6) is 5.75 Å². The number of nitrogens with one attached hydrogen (secondary N) is 1. The van der Waals surface area contributed by atoms with E-state index in [4.69, 9.17) is 4.74 Å². The third-order valence-electron chi connectivity index (χ3n) is 3.74. The Morgan fingerprint density at radius 2 is 2.16 bits per heavy atom. The van der Waals surface area contributed by atoms with Crippen molar-refractivity contribution < 1.29 is 14.3 Å². The van der Waals surface area contributed by atoms with Gasteiger partial charge in [-0.2, -0.15) is 0 Å². The molecule has 2 atom stereocenters. The molecule has 19 heavy (non-hydrogen) atoms. The zero-order chi connectivity index (χ0) is 13.4. The maximum atomic E-state index is 12.2. The van der Waals surface area contributed by atoms with Gasteiger partial charge in [0.1, 0.15) is 18.4 Å². The van der Waals surface area contributed by atoms with Crippen LogP contribution in [0.15, 0.2) is 24.3 Å². The molecule has 0 radical (unpaired) electrons. The minimum Gasteiger partial charge on any atom is -0.491 e. The van der Waals surface area contributed by atoms with E-state index in [2.05, 4.69) is 5.32 Å². The second kappa shape index (κ2) is 4.57. The van der Waals surface area contributed by atoms with Crippen molar-refractivity contribution >= 4 is 11.8 Å². The van der Waals surface area contributed by atoms with E-state index in [1.54, 1.807) is 4.90 Å². The molecule has 2 aliphatic rings. The lowest BCUT2D eigenvalue weighted by molar-refractivity contribution is -0.148. The Morgan fingerprint density at radius 3 is 2.95 bits per heavy atom. The second-order valence-corrected chi connectivity index (χ2v) is 4.81. The zero-order valence-corrected chi connectivity index (χ0v) is 10.8. The number of rotatable bonds is 2. The highest BCUT2D eigenvalue weighted by atomic mass is 16.5. The van der Waals surface area contributed by atoms with Gasteiger partial charge in [0.2, 0.25) is 11.8 Å². The fourth-order valence-electron chi connectivity index (χ4n) is 2.82. The second-order valence-electron chi connectivity index (χ2n) is 4.81. The largest absolute Gasteiger partial charge is 0.491 e. The lowest BCUT2D eigenvalue weighted by Crippen LogP contribution is -2.59. The Kier molecular flexibility index (Phi) is 2.89. The van der Waals surface area contributed by atoms with Crippen LogP contribution in [0.1, 0.15) is 24.9 Å². The number of amides is 2. The van der Waals surface area contributed by atoms with Gasteiger partial charge in [-0.15, -0.1) is 0 Å². The van der Waals surface area contributed by atoms with Gasteiger partial charge in [-0.25, -0.2) is 0 Å². The molecular formula is C14H16N2O3. The molecule has 5 nitrogen and oxygen atoms in total. The lowest BCUT2D eigenvalue weighted by atomic mass is 10.0. The number of fused-ring (bicyclic) bond motifs is 1. The number of ether oxygens (including phenoxy) is 1. The summed E-state index contributed by atoms with van der Waals surface area (Å²) in [6.45, 7) is 2.42. The standard InChI is InChI=1S/C14H16N2O3/c1-2-10-14(18)15-7-13(17)16(10)11-8-19-12-6-4-3-5-9(11)12/h3-6,10-11H,2,7-8H2,1H3,(H,15,18). The van der Waals surface area contributed by atoms with E-state index < -0.39 is 6.04 Å². The highest BCUT2D eigenvalue weighted by Gasteiger charge is 2.41. The summed E-state index contributed by atoms with van der Waals surface area (Å²) in [7, 11) is 0. The molecule has 2 unspecified atom stereocenters. The number of nitrogens with zero attached hydrogens (tertiary/aromatic N) is 1. The normalized spacial score (nSPS) is 25.8. The average Bonchev–Trinajstić information content (AvgIpc) is 2.85. The van der Waals surface area contributed by atoms with Gasteiger partial charge in [0.25, 0.3) is 0 Å². The maximum Gasteiger partial charge on any atom is 0.243 e. The van der Waals surface area contributed by atoms with Crippen LogP contribution < -0.4 is 10.1 Å². The molecule has 2 amide bonds. The Balaban J connectivity index is 1.96. The van der Waals surface area contributed by atoms with Crippen LogP contribution in [0.3, 0.4) is 0 Å². The van der Waals surface area contributed by atoms with Gasteiger partial charge in [0, 0.05) is 5.56 Å². The van der Waals surface area contributed by atoms with E-state index >= 15 is 0 Å². The van der Waals surface area contributed by atoms with Gasteiger partial charge in [-0.05, 0) is 12.5 Å². The number of benzene rings is 1. The molecule has 5 heteroatoms. The quantitative estimate of drug-likeness (QED) is 0.858. The van der Waals surface area contributed by atoms with Crippen LogP contribution in [-0.4, -0.2) is 35.9 Å². The molecule has 0 aliphatic carbocycles. The summed E-state index contributed by atoms with van der Waals surface area (Å²) in [6, 6.07) is 7.13. The summed E-state index contributed by atoms with van der Waals surface area (Å²) in [5, 5.41) is 2.64. The molecule has 1 aromatic rings. The number of carbonyl (C=O) groups excluding carboxylic acids is 2.